The first-order chi connectivity index (χ1) is 8.02. The van der Waals surface area contributed by atoms with Crippen molar-refractivity contribution in [1.29, 1.82) is 0 Å². The van der Waals surface area contributed by atoms with Gasteiger partial charge in [0.2, 0.25) is 0 Å². The Bertz CT molecular complexity index is 264. The molecule has 17 heavy (non-hydrogen) atoms. The predicted octanol–water partition coefficient (Wildman–Crippen LogP) is 1.53. The number of hydrogen-bond donors (Lipinski definition) is 1. The van der Waals surface area contributed by atoms with Gasteiger partial charge in [0, 0.05) is 31.7 Å². The van der Waals surface area contributed by atoms with Crippen LogP contribution in [-0.4, -0.2) is 55.1 Å². The van der Waals surface area contributed by atoms with Crippen LogP contribution in [0.1, 0.15) is 39.5 Å². The van der Waals surface area contributed by atoms with Crippen molar-refractivity contribution in [2.75, 3.05) is 39.8 Å². The Kier molecular flexibility index (Phi) is 3.81. The zero-order valence-corrected chi connectivity index (χ0v) is 11.8. The molecular weight excluding hydrogens is 210 g/mol. The second kappa shape index (κ2) is 4.87. The van der Waals surface area contributed by atoms with Crippen LogP contribution in [0.5, 0.6) is 0 Å². The van der Waals surface area contributed by atoms with E-state index < -0.39 is 0 Å². The maximum absolute atomic E-state index is 6.21. The van der Waals surface area contributed by atoms with Crippen LogP contribution in [0.25, 0.3) is 0 Å². The van der Waals surface area contributed by atoms with E-state index in [0.717, 1.165) is 6.54 Å². The molecule has 1 heterocycles. The van der Waals surface area contributed by atoms with Gasteiger partial charge in [-0.3, -0.25) is 4.90 Å². The quantitative estimate of drug-likeness (QED) is 0.793. The average Bonchev–Trinajstić information content (AvgIpc) is 2.46. The fourth-order valence-electron chi connectivity index (χ4n) is 3.96. The Morgan fingerprint density at radius 1 is 1.00 bits per heavy atom. The third kappa shape index (κ3) is 2.25. The minimum Gasteiger partial charge on any atom is -0.329 e. The molecule has 0 aromatic rings. The average molecular weight is 239 g/mol. The van der Waals surface area contributed by atoms with E-state index in [-0.39, 0.29) is 5.54 Å². The molecule has 3 nitrogen and oxygen atoms in total. The van der Waals surface area contributed by atoms with Crippen molar-refractivity contribution in [1.82, 2.24) is 9.80 Å². The monoisotopic (exact) mass is 239 g/mol. The smallest absolute Gasteiger partial charge is 0.0383 e. The van der Waals surface area contributed by atoms with Gasteiger partial charge in [-0.2, -0.15) is 0 Å². The van der Waals surface area contributed by atoms with Crippen LogP contribution in [-0.2, 0) is 0 Å². The van der Waals surface area contributed by atoms with Crippen LogP contribution in [0.2, 0.25) is 0 Å². The van der Waals surface area contributed by atoms with Gasteiger partial charge in [-0.15, -0.1) is 0 Å². The first-order valence-electron chi connectivity index (χ1n) is 7.15. The summed E-state index contributed by atoms with van der Waals surface area (Å²) in [5, 5.41) is 0. The SMILES string of the molecule is CN1CCCN(C2(CN)CCCC2(C)C)CC1. The molecule has 0 radical (unpaired) electrons. The normalized spacial score (nSPS) is 36.0. The molecule has 1 unspecified atom stereocenters. The maximum Gasteiger partial charge on any atom is 0.0383 e. The van der Waals surface area contributed by atoms with Crippen molar-refractivity contribution in [3.05, 3.63) is 0 Å². The lowest BCUT2D eigenvalue weighted by Crippen LogP contribution is -2.60. The number of nitrogens with two attached hydrogens (primary N) is 1. The van der Waals surface area contributed by atoms with E-state index in [1.807, 2.05) is 0 Å². The van der Waals surface area contributed by atoms with Crippen LogP contribution < -0.4 is 5.73 Å². The van der Waals surface area contributed by atoms with E-state index in [9.17, 15) is 0 Å². The first kappa shape index (κ1) is 13.3. The standard InChI is InChI=1S/C14H29N3/c1-13(2)6-4-7-14(13,12-15)17-9-5-8-16(3)10-11-17/h4-12,15H2,1-3H3. The largest absolute Gasteiger partial charge is 0.329 e. The lowest BCUT2D eigenvalue weighted by molar-refractivity contribution is 0.0160. The molecule has 3 heteroatoms. The Morgan fingerprint density at radius 3 is 2.35 bits per heavy atom. The van der Waals surface area contributed by atoms with Crippen LogP contribution in [0.15, 0.2) is 0 Å². The molecule has 0 aromatic carbocycles. The number of likely N-dealkylation sites (N-methyl/N-ethyl adjacent to an activating group) is 1. The van der Waals surface area contributed by atoms with Crippen molar-refractivity contribution in [2.24, 2.45) is 11.1 Å². The highest BCUT2D eigenvalue weighted by Crippen LogP contribution is 2.49. The van der Waals surface area contributed by atoms with Gasteiger partial charge in [-0.05, 0) is 38.3 Å². The summed E-state index contributed by atoms with van der Waals surface area (Å²) < 4.78 is 0. The second-order valence-corrected chi connectivity index (χ2v) is 6.62. The number of nitrogens with zero attached hydrogens (tertiary/aromatic N) is 2. The van der Waals surface area contributed by atoms with Gasteiger partial charge < -0.3 is 10.6 Å². The summed E-state index contributed by atoms with van der Waals surface area (Å²) >= 11 is 0. The van der Waals surface area contributed by atoms with E-state index in [4.69, 9.17) is 5.73 Å². The Labute approximate surface area is 106 Å². The first-order valence-corrected chi connectivity index (χ1v) is 7.15. The van der Waals surface area contributed by atoms with Gasteiger partial charge in [-0.25, -0.2) is 0 Å². The second-order valence-electron chi connectivity index (χ2n) is 6.62. The van der Waals surface area contributed by atoms with Crippen molar-refractivity contribution in [2.45, 2.75) is 45.1 Å². The molecule has 1 saturated heterocycles. The molecule has 0 aromatic heterocycles. The molecule has 100 valence electrons. The fourth-order valence-corrected chi connectivity index (χ4v) is 3.96. The molecule has 1 aliphatic carbocycles. The lowest BCUT2D eigenvalue weighted by atomic mass is 9.73. The van der Waals surface area contributed by atoms with Crippen LogP contribution in [0.4, 0.5) is 0 Å². The Morgan fingerprint density at radius 2 is 1.76 bits per heavy atom. The topological polar surface area (TPSA) is 32.5 Å². The summed E-state index contributed by atoms with van der Waals surface area (Å²) in [6.07, 6.45) is 5.25. The molecule has 1 saturated carbocycles. The van der Waals surface area contributed by atoms with Gasteiger partial charge in [0.15, 0.2) is 0 Å². The minimum absolute atomic E-state index is 0.262. The fraction of sp³-hybridized carbons (Fsp3) is 1.00. The highest BCUT2D eigenvalue weighted by molar-refractivity contribution is 5.07. The zero-order valence-electron chi connectivity index (χ0n) is 11.8. The highest BCUT2D eigenvalue weighted by Gasteiger charge is 2.51. The number of rotatable bonds is 2. The Balaban J connectivity index is 2.17. The summed E-state index contributed by atoms with van der Waals surface area (Å²) in [6, 6.07) is 0. The van der Waals surface area contributed by atoms with Gasteiger partial charge in [-0.1, -0.05) is 20.3 Å². The van der Waals surface area contributed by atoms with Crippen molar-refractivity contribution in [3.63, 3.8) is 0 Å². The number of hydrogen-bond acceptors (Lipinski definition) is 3. The molecule has 2 aliphatic rings. The Hall–Kier alpha value is -0.120. The molecule has 2 rings (SSSR count). The maximum atomic E-state index is 6.21. The third-order valence-corrected chi connectivity index (χ3v) is 5.31. The summed E-state index contributed by atoms with van der Waals surface area (Å²) in [5.74, 6) is 0. The zero-order chi connectivity index (χ0) is 12.5. The molecule has 0 bridgehead atoms. The van der Waals surface area contributed by atoms with Crippen molar-refractivity contribution >= 4 is 0 Å². The summed E-state index contributed by atoms with van der Waals surface area (Å²) in [4.78, 5) is 5.16. The van der Waals surface area contributed by atoms with Crippen molar-refractivity contribution < 1.29 is 0 Å². The molecule has 2 fully saturated rings. The molecule has 1 atom stereocenters. The third-order valence-electron chi connectivity index (χ3n) is 5.31. The van der Waals surface area contributed by atoms with Gasteiger partial charge in [0.1, 0.15) is 0 Å². The van der Waals surface area contributed by atoms with E-state index in [2.05, 4.69) is 30.7 Å². The van der Waals surface area contributed by atoms with Gasteiger partial charge in [0.05, 0.1) is 0 Å². The van der Waals surface area contributed by atoms with Gasteiger partial charge in [0.25, 0.3) is 0 Å². The minimum atomic E-state index is 0.262. The van der Waals surface area contributed by atoms with E-state index >= 15 is 0 Å². The van der Waals surface area contributed by atoms with Crippen LogP contribution in [0, 0.1) is 5.41 Å². The van der Waals surface area contributed by atoms with Crippen LogP contribution >= 0.6 is 0 Å². The highest BCUT2D eigenvalue weighted by atomic mass is 15.3. The van der Waals surface area contributed by atoms with E-state index in [1.54, 1.807) is 0 Å². The lowest BCUT2D eigenvalue weighted by Gasteiger charge is -2.49. The summed E-state index contributed by atoms with van der Waals surface area (Å²) in [5.41, 5.74) is 6.85. The molecule has 0 amide bonds. The summed E-state index contributed by atoms with van der Waals surface area (Å²) in [7, 11) is 2.23. The molecular formula is C14H29N3. The molecule has 0 spiro atoms. The van der Waals surface area contributed by atoms with Crippen molar-refractivity contribution in [3.8, 4) is 0 Å². The van der Waals surface area contributed by atoms with Gasteiger partial charge >= 0.3 is 0 Å². The van der Waals surface area contributed by atoms with E-state index in [0.29, 0.717) is 5.41 Å². The molecule has 1 aliphatic heterocycles. The van der Waals surface area contributed by atoms with Crippen LogP contribution in [0.3, 0.4) is 0 Å². The predicted molar refractivity (Wildman–Crippen MR) is 73.1 cm³/mol. The van der Waals surface area contributed by atoms with E-state index in [1.165, 1.54) is 51.9 Å². The summed E-state index contributed by atoms with van der Waals surface area (Å²) in [6.45, 7) is 10.5. The molecule has 2 N–H and O–H groups in total.